The molecule has 0 aromatic carbocycles. The van der Waals surface area contributed by atoms with Crippen molar-refractivity contribution >= 4 is 33.0 Å². The van der Waals surface area contributed by atoms with Gasteiger partial charge in [0.25, 0.3) is 10.0 Å². The first kappa shape index (κ1) is 15.7. The van der Waals surface area contributed by atoms with E-state index in [9.17, 15) is 8.42 Å². The number of hydrogen-bond donors (Lipinski definition) is 0. The van der Waals surface area contributed by atoms with Crippen LogP contribution in [-0.2, 0) is 20.6 Å². The van der Waals surface area contributed by atoms with Crippen LogP contribution in [0.2, 0.25) is 0 Å². The molecule has 21 heavy (non-hydrogen) atoms. The molecule has 0 N–H and O–H groups in total. The predicted molar refractivity (Wildman–Crippen MR) is 83.4 cm³/mol. The number of halogens is 1. The van der Waals surface area contributed by atoms with Crippen LogP contribution in [0.4, 0.5) is 0 Å². The molecule has 0 saturated carbocycles. The fourth-order valence-corrected chi connectivity index (χ4v) is 5.96. The Balaban J connectivity index is 1.69. The second-order valence-corrected chi connectivity index (χ2v) is 8.70. The van der Waals surface area contributed by atoms with Crippen LogP contribution in [0.15, 0.2) is 15.7 Å². The minimum absolute atomic E-state index is 0.316. The molecule has 1 aromatic rings. The van der Waals surface area contributed by atoms with E-state index in [4.69, 9.17) is 16.3 Å². The maximum atomic E-state index is 12.6. The molecule has 0 aliphatic carbocycles. The Bertz CT molecular complexity index is 584. The minimum atomic E-state index is -3.36. The highest BCUT2D eigenvalue weighted by Crippen LogP contribution is 2.28. The highest BCUT2D eigenvalue weighted by molar-refractivity contribution is 7.91. The summed E-state index contributed by atoms with van der Waals surface area (Å²) in [6.45, 7) is 4.46. The molecule has 1 atom stereocenters. The van der Waals surface area contributed by atoms with Crippen LogP contribution in [0.25, 0.3) is 0 Å². The highest BCUT2D eigenvalue weighted by Gasteiger charge is 2.36. The molecule has 1 unspecified atom stereocenters. The monoisotopic (exact) mass is 350 g/mol. The molecule has 0 amide bonds. The summed E-state index contributed by atoms with van der Waals surface area (Å²) in [6, 6.07) is 2.01. The van der Waals surface area contributed by atoms with Crippen LogP contribution in [0.3, 0.4) is 0 Å². The molecule has 3 heterocycles. The molecule has 8 heteroatoms. The molecule has 0 spiro atoms. The summed E-state index contributed by atoms with van der Waals surface area (Å²) in [5.41, 5.74) is 0.865. The van der Waals surface area contributed by atoms with Crippen molar-refractivity contribution in [3.05, 3.63) is 17.0 Å². The number of ether oxygens (including phenoxy) is 1. The zero-order valence-electron chi connectivity index (χ0n) is 11.7. The summed E-state index contributed by atoms with van der Waals surface area (Å²) in [4.78, 5) is 2.34. The van der Waals surface area contributed by atoms with E-state index < -0.39 is 10.0 Å². The van der Waals surface area contributed by atoms with E-state index in [0.717, 1.165) is 38.3 Å². The molecule has 0 bridgehead atoms. The lowest BCUT2D eigenvalue weighted by Crippen LogP contribution is -2.45. The van der Waals surface area contributed by atoms with Crippen LogP contribution in [-0.4, -0.2) is 63.1 Å². The third kappa shape index (κ3) is 3.28. The number of rotatable bonds is 4. The van der Waals surface area contributed by atoms with E-state index >= 15 is 0 Å². The number of nitrogens with zero attached hydrogens (tertiary/aromatic N) is 2. The minimum Gasteiger partial charge on any atom is -0.379 e. The fourth-order valence-electron chi connectivity index (χ4n) is 2.86. The third-order valence-corrected chi connectivity index (χ3v) is 7.70. The smallest absolute Gasteiger partial charge is 0.252 e. The van der Waals surface area contributed by atoms with Crippen molar-refractivity contribution in [3.63, 3.8) is 0 Å². The van der Waals surface area contributed by atoms with E-state index in [1.54, 1.807) is 10.4 Å². The first-order valence-electron chi connectivity index (χ1n) is 7.06. The van der Waals surface area contributed by atoms with Gasteiger partial charge in [-0.3, -0.25) is 4.90 Å². The van der Waals surface area contributed by atoms with Crippen molar-refractivity contribution in [1.29, 1.82) is 0 Å². The second-order valence-electron chi connectivity index (χ2n) is 5.36. The maximum Gasteiger partial charge on any atom is 0.252 e. The van der Waals surface area contributed by atoms with Gasteiger partial charge in [-0.2, -0.15) is 4.31 Å². The van der Waals surface area contributed by atoms with Gasteiger partial charge in [0, 0.05) is 38.1 Å². The fraction of sp³-hybridized carbons (Fsp3) is 0.692. The lowest BCUT2D eigenvalue weighted by atomic mass is 10.2. The summed E-state index contributed by atoms with van der Waals surface area (Å²) in [6.07, 6.45) is 0.896. The van der Waals surface area contributed by atoms with E-state index in [1.807, 2.05) is 5.38 Å². The van der Waals surface area contributed by atoms with Crippen molar-refractivity contribution < 1.29 is 13.2 Å². The molecule has 2 aliphatic heterocycles. The Morgan fingerprint density at radius 2 is 2.10 bits per heavy atom. The number of thiophene rings is 1. The Morgan fingerprint density at radius 3 is 2.76 bits per heavy atom. The van der Waals surface area contributed by atoms with Crippen molar-refractivity contribution in [1.82, 2.24) is 9.21 Å². The topological polar surface area (TPSA) is 49.9 Å². The van der Waals surface area contributed by atoms with Gasteiger partial charge in [0.05, 0.1) is 13.2 Å². The summed E-state index contributed by atoms with van der Waals surface area (Å²) >= 11 is 7.01. The van der Waals surface area contributed by atoms with Crippen LogP contribution in [0, 0.1) is 0 Å². The normalized spacial score (nSPS) is 25.5. The van der Waals surface area contributed by atoms with Crippen molar-refractivity contribution in [2.45, 2.75) is 22.6 Å². The molecule has 2 aliphatic rings. The Labute approximate surface area is 134 Å². The van der Waals surface area contributed by atoms with Crippen molar-refractivity contribution in [3.8, 4) is 0 Å². The first-order valence-corrected chi connectivity index (χ1v) is 9.92. The van der Waals surface area contributed by atoms with Gasteiger partial charge < -0.3 is 4.74 Å². The Hall–Kier alpha value is -0.180. The quantitative estimate of drug-likeness (QED) is 0.774. The number of alkyl halides is 1. The van der Waals surface area contributed by atoms with Gasteiger partial charge in [0.2, 0.25) is 0 Å². The van der Waals surface area contributed by atoms with Crippen molar-refractivity contribution in [2.75, 3.05) is 39.4 Å². The summed E-state index contributed by atoms with van der Waals surface area (Å²) in [5.74, 6) is 0.350. The summed E-state index contributed by atoms with van der Waals surface area (Å²) < 4.78 is 32.6. The van der Waals surface area contributed by atoms with Gasteiger partial charge in [-0.1, -0.05) is 0 Å². The Kier molecular flexibility index (Phi) is 4.87. The highest BCUT2D eigenvalue weighted by atomic mass is 35.5. The van der Waals surface area contributed by atoms with Gasteiger partial charge in [0.15, 0.2) is 0 Å². The number of hydrogen-bond acceptors (Lipinski definition) is 5. The van der Waals surface area contributed by atoms with Gasteiger partial charge in [-0.25, -0.2) is 8.42 Å². The first-order chi connectivity index (χ1) is 10.1. The molecule has 1 aromatic heterocycles. The zero-order valence-corrected chi connectivity index (χ0v) is 14.1. The molecule has 5 nitrogen and oxygen atoms in total. The third-order valence-electron chi connectivity index (χ3n) is 4.07. The predicted octanol–water partition coefficient (Wildman–Crippen LogP) is 1.58. The van der Waals surface area contributed by atoms with E-state index in [-0.39, 0.29) is 0 Å². The lowest BCUT2D eigenvalue weighted by molar-refractivity contribution is 0.0197. The Morgan fingerprint density at radius 1 is 1.33 bits per heavy atom. The molecule has 2 saturated heterocycles. The van der Waals surface area contributed by atoms with Gasteiger partial charge in [-0.05, 0) is 23.4 Å². The molecule has 3 rings (SSSR count). The van der Waals surface area contributed by atoms with E-state index in [2.05, 4.69) is 4.90 Å². The van der Waals surface area contributed by atoms with Gasteiger partial charge in [-0.15, -0.1) is 22.9 Å². The second kappa shape index (κ2) is 6.52. The van der Waals surface area contributed by atoms with Crippen LogP contribution in [0.5, 0.6) is 0 Å². The van der Waals surface area contributed by atoms with Gasteiger partial charge >= 0.3 is 0 Å². The van der Waals surface area contributed by atoms with Gasteiger partial charge in [0.1, 0.15) is 4.21 Å². The zero-order chi connectivity index (χ0) is 14.9. The lowest BCUT2D eigenvalue weighted by Gasteiger charge is -2.32. The summed E-state index contributed by atoms with van der Waals surface area (Å²) in [7, 11) is -3.36. The van der Waals surface area contributed by atoms with Crippen molar-refractivity contribution in [2.24, 2.45) is 0 Å². The van der Waals surface area contributed by atoms with E-state index in [1.165, 1.54) is 11.3 Å². The largest absolute Gasteiger partial charge is 0.379 e. The summed E-state index contributed by atoms with van der Waals surface area (Å²) in [5, 5.41) is 1.81. The SMILES string of the molecule is O=S(=O)(c1cc(CCl)cs1)N1CCC(N2CCOCC2)C1. The van der Waals surface area contributed by atoms with Crippen LogP contribution >= 0.6 is 22.9 Å². The average molecular weight is 351 g/mol. The average Bonchev–Trinajstić information content (AvgIpc) is 3.18. The maximum absolute atomic E-state index is 12.6. The molecule has 118 valence electrons. The number of morpholine rings is 1. The van der Waals surface area contributed by atoms with E-state index in [0.29, 0.717) is 29.2 Å². The molecule has 0 radical (unpaired) electrons. The molecular formula is C13H19ClN2O3S2. The molecular weight excluding hydrogens is 332 g/mol. The molecule has 2 fully saturated rings. The van der Waals surface area contributed by atoms with Crippen LogP contribution < -0.4 is 0 Å². The standard InChI is InChI=1S/C13H19ClN2O3S2/c14-8-11-7-13(20-10-11)21(17,18)16-2-1-12(9-16)15-3-5-19-6-4-15/h7,10,12H,1-6,8-9H2. The number of sulfonamides is 1. The van der Waals surface area contributed by atoms with Crippen LogP contribution in [0.1, 0.15) is 12.0 Å².